The minimum atomic E-state index is -0.277. The number of carbonyl (C=O) groups is 2. The number of amides is 2. The summed E-state index contributed by atoms with van der Waals surface area (Å²) in [6, 6.07) is 12.6. The number of rotatable bonds is 5. The van der Waals surface area contributed by atoms with Gasteiger partial charge >= 0.3 is 0 Å². The number of pyridine rings is 1. The summed E-state index contributed by atoms with van der Waals surface area (Å²) in [7, 11) is 0. The first-order valence-corrected chi connectivity index (χ1v) is 12.5. The summed E-state index contributed by atoms with van der Waals surface area (Å²) < 4.78 is 1.79. The number of hydrogen-bond donors (Lipinski definition) is 2. The van der Waals surface area contributed by atoms with E-state index in [2.05, 4.69) is 20.3 Å². The molecule has 0 radical (unpaired) electrons. The molecule has 11 nitrogen and oxygen atoms in total. The van der Waals surface area contributed by atoms with Gasteiger partial charge in [0.1, 0.15) is 35.3 Å². The van der Waals surface area contributed by atoms with Crippen molar-refractivity contribution in [3.05, 3.63) is 71.2 Å². The van der Waals surface area contributed by atoms with Crippen molar-refractivity contribution in [2.75, 3.05) is 24.1 Å². The number of allylic oxidation sites excluding steroid dienone is 1. The van der Waals surface area contributed by atoms with Crippen molar-refractivity contribution in [3.8, 4) is 17.3 Å². The number of anilines is 2. The van der Waals surface area contributed by atoms with Gasteiger partial charge in [-0.05, 0) is 57.0 Å². The molecule has 4 heterocycles. The predicted octanol–water partition coefficient (Wildman–Crippen LogP) is 3.66. The van der Waals surface area contributed by atoms with Crippen LogP contribution in [-0.4, -0.2) is 54.5 Å². The highest BCUT2D eigenvalue weighted by molar-refractivity contribution is 6.04. The van der Waals surface area contributed by atoms with E-state index in [9.17, 15) is 14.9 Å². The van der Waals surface area contributed by atoms with E-state index in [4.69, 9.17) is 10.8 Å². The minimum absolute atomic E-state index is 0.150. The Morgan fingerprint density at radius 1 is 1.13 bits per heavy atom. The van der Waals surface area contributed by atoms with Gasteiger partial charge in [0.05, 0.1) is 11.4 Å². The van der Waals surface area contributed by atoms with Crippen LogP contribution in [-0.2, 0) is 4.79 Å². The molecule has 0 bridgehead atoms. The molecule has 1 aromatic carbocycles. The quantitative estimate of drug-likeness (QED) is 0.298. The summed E-state index contributed by atoms with van der Waals surface area (Å²) in [4.78, 5) is 40.1. The number of nitrogens with two attached hydrogens (primary N) is 1. The van der Waals surface area contributed by atoms with E-state index < -0.39 is 0 Å². The topological polar surface area (TPSA) is 156 Å². The summed E-state index contributed by atoms with van der Waals surface area (Å²) in [5.41, 5.74) is 10.5. The molecular weight excluding hydrogens is 494 g/mol. The fourth-order valence-electron chi connectivity index (χ4n) is 4.68. The molecule has 1 saturated heterocycles. The lowest BCUT2D eigenvalue weighted by Gasteiger charge is -2.17. The second-order valence-electron chi connectivity index (χ2n) is 9.68. The molecule has 1 unspecified atom stereocenters. The number of nitrogens with one attached hydrogen (secondary N) is 1. The third kappa shape index (κ3) is 4.92. The van der Waals surface area contributed by atoms with Gasteiger partial charge in [-0.1, -0.05) is 17.7 Å². The molecule has 2 amide bonds. The van der Waals surface area contributed by atoms with Gasteiger partial charge in [0.2, 0.25) is 0 Å². The number of aryl methyl sites for hydroxylation is 1. The van der Waals surface area contributed by atoms with E-state index >= 15 is 0 Å². The molecule has 1 aliphatic rings. The molecule has 3 aromatic heterocycles. The molecular formula is C28H27N9O2. The van der Waals surface area contributed by atoms with Crippen LogP contribution >= 0.6 is 0 Å². The first kappa shape index (κ1) is 25.5. The van der Waals surface area contributed by atoms with Crippen LogP contribution in [0.1, 0.15) is 42.2 Å². The lowest BCUT2D eigenvalue weighted by molar-refractivity contribution is -0.125. The van der Waals surface area contributed by atoms with Crippen molar-refractivity contribution in [2.45, 2.75) is 33.2 Å². The van der Waals surface area contributed by atoms with Crippen LogP contribution < -0.4 is 11.1 Å². The van der Waals surface area contributed by atoms with Gasteiger partial charge < -0.3 is 16.0 Å². The molecule has 0 aliphatic carbocycles. The molecule has 0 spiro atoms. The number of likely N-dealkylation sites (tertiary alicyclic amines) is 1. The van der Waals surface area contributed by atoms with Gasteiger partial charge in [-0.3, -0.25) is 9.59 Å². The lowest BCUT2D eigenvalue weighted by Crippen LogP contribution is -2.30. The standard InChI is InChI=1S/C28H27N9O2/c1-16(2)21(13-29)28(39)36-11-9-20(14-36)37-26-23(25(30)32-15-33-26)24(35-37)18-4-6-19(7-5-18)27(38)34-22-12-17(3)8-10-31-22/h4-8,10,12,15,20H,9,11,14H2,1-3H3,(H2,30,32,33)(H,31,34,38). The predicted molar refractivity (Wildman–Crippen MR) is 146 cm³/mol. The highest BCUT2D eigenvalue weighted by Crippen LogP contribution is 2.34. The van der Waals surface area contributed by atoms with Crippen LogP contribution in [0.4, 0.5) is 11.6 Å². The minimum Gasteiger partial charge on any atom is -0.383 e. The number of aromatic nitrogens is 5. The van der Waals surface area contributed by atoms with Gasteiger partial charge in [-0.15, -0.1) is 0 Å². The summed E-state index contributed by atoms with van der Waals surface area (Å²) in [5, 5.41) is 17.7. The number of nitriles is 1. The Labute approximate surface area is 225 Å². The van der Waals surface area contributed by atoms with Crippen molar-refractivity contribution in [1.82, 2.24) is 29.6 Å². The van der Waals surface area contributed by atoms with E-state index in [-0.39, 0.29) is 29.2 Å². The van der Waals surface area contributed by atoms with Gasteiger partial charge in [0, 0.05) is 30.4 Å². The lowest BCUT2D eigenvalue weighted by atomic mass is 10.1. The molecule has 1 fully saturated rings. The van der Waals surface area contributed by atoms with E-state index in [1.807, 2.05) is 19.1 Å². The largest absolute Gasteiger partial charge is 0.383 e. The van der Waals surface area contributed by atoms with Gasteiger partial charge in [0.15, 0.2) is 5.65 Å². The highest BCUT2D eigenvalue weighted by atomic mass is 16.2. The number of nitrogens with zero attached hydrogens (tertiary/aromatic N) is 7. The summed E-state index contributed by atoms with van der Waals surface area (Å²) in [5.74, 6) is 0.215. The Balaban J connectivity index is 1.43. The maximum atomic E-state index is 12.9. The van der Waals surface area contributed by atoms with Gasteiger partial charge in [-0.25, -0.2) is 19.6 Å². The molecule has 0 saturated carbocycles. The van der Waals surface area contributed by atoms with Crippen LogP contribution in [0.5, 0.6) is 0 Å². The van der Waals surface area contributed by atoms with Crippen LogP contribution in [0, 0.1) is 18.3 Å². The SMILES string of the molecule is CC(C)=C(C#N)C(=O)N1CCC(n2nc(-c3ccc(C(=O)Nc4cc(C)ccn4)cc3)c3c(N)ncnc32)C1. The molecule has 4 aromatic rings. The van der Waals surface area contributed by atoms with Crippen LogP contribution in [0.2, 0.25) is 0 Å². The monoisotopic (exact) mass is 521 g/mol. The zero-order valence-corrected chi connectivity index (χ0v) is 21.8. The van der Waals surface area contributed by atoms with Crippen LogP contribution in [0.3, 0.4) is 0 Å². The average Bonchev–Trinajstić information content (AvgIpc) is 3.55. The smallest absolute Gasteiger partial charge is 0.264 e. The maximum absolute atomic E-state index is 12.9. The zero-order chi connectivity index (χ0) is 27.7. The average molecular weight is 522 g/mol. The Kier molecular flexibility index (Phi) is 6.77. The first-order chi connectivity index (χ1) is 18.8. The first-order valence-electron chi connectivity index (χ1n) is 12.5. The van der Waals surface area contributed by atoms with Crippen molar-refractivity contribution in [3.63, 3.8) is 0 Å². The van der Waals surface area contributed by atoms with Crippen molar-refractivity contribution < 1.29 is 9.59 Å². The van der Waals surface area contributed by atoms with Gasteiger partial charge in [0.25, 0.3) is 11.8 Å². The highest BCUT2D eigenvalue weighted by Gasteiger charge is 2.32. The van der Waals surface area contributed by atoms with Crippen LogP contribution in [0.15, 0.2) is 60.1 Å². The molecule has 196 valence electrons. The number of hydrogen-bond acceptors (Lipinski definition) is 8. The second-order valence-corrected chi connectivity index (χ2v) is 9.68. The number of benzene rings is 1. The van der Waals surface area contributed by atoms with E-state index in [1.165, 1.54) is 6.33 Å². The zero-order valence-electron chi connectivity index (χ0n) is 21.8. The molecule has 39 heavy (non-hydrogen) atoms. The third-order valence-corrected chi connectivity index (χ3v) is 6.72. The Bertz CT molecular complexity index is 1660. The second kappa shape index (κ2) is 10.3. The van der Waals surface area contributed by atoms with E-state index in [1.54, 1.807) is 60.0 Å². The van der Waals surface area contributed by atoms with Crippen molar-refractivity contribution in [2.24, 2.45) is 0 Å². The summed E-state index contributed by atoms with van der Waals surface area (Å²) in [6.45, 7) is 6.33. The summed E-state index contributed by atoms with van der Waals surface area (Å²) in [6.07, 6.45) is 3.69. The normalized spacial score (nSPS) is 14.7. The molecule has 1 atom stereocenters. The van der Waals surface area contributed by atoms with Gasteiger partial charge in [-0.2, -0.15) is 10.4 Å². The number of fused-ring (bicyclic) bond motifs is 1. The summed E-state index contributed by atoms with van der Waals surface area (Å²) >= 11 is 0. The van der Waals surface area contributed by atoms with Crippen molar-refractivity contribution >= 4 is 34.5 Å². The molecule has 5 rings (SSSR count). The van der Waals surface area contributed by atoms with E-state index in [0.29, 0.717) is 53.2 Å². The third-order valence-electron chi connectivity index (χ3n) is 6.72. The Morgan fingerprint density at radius 2 is 1.90 bits per heavy atom. The maximum Gasteiger partial charge on any atom is 0.264 e. The fraction of sp³-hybridized carbons (Fsp3) is 0.250. The molecule has 1 aliphatic heterocycles. The molecule has 3 N–H and O–H groups in total. The fourth-order valence-corrected chi connectivity index (χ4v) is 4.68. The number of nitrogen functional groups attached to an aromatic ring is 1. The molecule has 11 heteroatoms. The Morgan fingerprint density at radius 3 is 2.59 bits per heavy atom. The van der Waals surface area contributed by atoms with E-state index in [0.717, 1.165) is 11.1 Å². The van der Waals surface area contributed by atoms with Crippen molar-refractivity contribution in [1.29, 1.82) is 5.26 Å². The number of carbonyl (C=O) groups excluding carboxylic acids is 2. The Hall–Kier alpha value is -5.11. The van der Waals surface area contributed by atoms with Crippen LogP contribution in [0.25, 0.3) is 22.3 Å².